The number of hydrogen-bond acceptors (Lipinski definition) is 4. The summed E-state index contributed by atoms with van der Waals surface area (Å²) in [6.45, 7) is 5.95. The standard InChI is InChI=1S/C14H19NO2S3/c1-4-8-15-20(16,17)14(2,3)13-6-5-12(19-13)11-7-9-18-10-11/h5-7,9-10,15H,4,8H2,1-3H3. The maximum Gasteiger partial charge on any atom is 0.221 e. The third-order valence-corrected chi connectivity index (χ3v) is 7.64. The topological polar surface area (TPSA) is 46.2 Å². The van der Waals surface area contributed by atoms with Gasteiger partial charge in [-0.3, -0.25) is 0 Å². The Bertz CT molecular complexity index is 654. The Morgan fingerprint density at radius 1 is 1.25 bits per heavy atom. The van der Waals surface area contributed by atoms with Gasteiger partial charge in [0.25, 0.3) is 0 Å². The van der Waals surface area contributed by atoms with Gasteiger partial charge in [-0.2, -0.15) is 11.3 Å². The summed E-state index contributed by atoms with van der Waals surface area (Å²) in [4.78, 5) is 1.97. The van der Waals surface area contributed by atoms with Crippen LogP contribution in [0.3, 0.4) is 0 Å². The molecule has 3 nitrogen and oxygen atoms in total. The van der Waals surface area contributed by atoms with Gasteiger partial charge in [0.1, 0.15) is 4.75 Å². The zero-order valence-corrected chi connectivity index (χ0v) is 14.3. The summed E-state index contributed by atoms with van der Waals surface area (Å²) < 4.78 is 26.6. The highest BCUT2D eigenvalue weighted by Crippen LogP contribution is 2.38. The summed E-state index contributed by atoms with van der Waals surface area (Å²) in [5.74, 6) is 0. The van der Waals surface area contributed by atoms with Gasteiger partial charge in [0.05, 0.1) is 0 Å². The van der Waals surface area contributed by atoms with Gasteiger partial charge in [-0.1, -0.05) is 6.92 Å². The Labute approximate surface area is 128 Å². The zero-order valence-electron chi connectivity index (χ0n) is 11.8. The first-order chi connectivity index (χ1) is 9.38. The highest BCUT2D eigenvalue weighted by Gasteiger charge is 2.37. The van der Waals surface area contributed by atoms with Crippen LogP contribution in [0.1, 0.15) is 32.1 Å². The molecule has 0 radical (unpaired) electrons. The maximum absolute atomic E-state index is 12.4. The molecule has 0 bridgehead atoms. The molecular formula is C14H19NO2S3. The summed E-state index contributed by atoms with van der Waals surface area (Å²) in [5.41, 5.74) is 1.15. The SMILES string of the molecule is CCCNS(=O)(=O)C(C)(C)c1ccc(-c2ccsc2)s1. The molecule has 20 heavy (non-hydrogen) atoms. The van der Waals surface area contributed by atoms with Gasteiger partial charge in [-0.15, -0.1) is 11.3 Å². The predicted molar refractivity (Wildman–Crippen MR) is 87.9 cm³/mol. The van der Waals surface area contributed by atoms with E-state index in [-0.39, 0.29) is 0 Å². The molecule has 110 valence electrons. The van der Waals surface area contributed by atoms with E-state index in [0.717, 1.165) is 21.7 Å². The van der Waals surface area contributed by atoms with E-state index in [4.69, 9.17) is 0 Å². The molecule has 0 unspecified atom stereocenters. The van der Waals surface area contributed by atoms with Gasteiger partial charge in [0.2, 0.25) is 10.0 Å². The van der Waals surface area contributed by atoms with Gasteiger partial charge in [-0.25, -0.2) is 13.1 Å². The average molecular weight is 330 g/mol. The van der Waals surface area contributed by atoms with Crippen molar-refractivity contribution in [2.45, 2.75) is 31.9 Å². The first-order valence-corrected chi connectivity index (χ1v) is 9.75. The molecule has 0 aliphatic rings. The maximum atomic E-state index is 12.4. The third-order valence-electron chi connectivity index (χ3n) is 3.22. The van der Waals surface area contributed by atoms with E-state index in [1.54, 1.807) is 36.5 Å². The molecule has 2 heterocycles. The Balaban J connectivity index is 2.30. The summed E-state index contributed by atoms with van der Waals surface area (Å²) in [6.07, 6.45) is 0.792. The van der Waals surface area contributed by atoms with Crippen molar-refractivity contribution in [2.75, 3.05) is 6.54 Å². The Hall–Kier alpha value is -0.690. The first-order valence-electron chi connectivity index (χ1n) is 6.50. The molecule has 1 N–H and O–H groups in total. The number of nitrogens with one attached hydrogen (secondary N) is 1. The van der Waals surface area contributed by atoms with E-state index in [0.29, 0.717) is 6.54 Å². The number of hydrogen-bond donors (Lipinski definition) is 1. The van der Waals surface area contributed by atoms with Gasteiger partial charge in [0.15, 0.2) is 0 Å². The fourth-order valence-electron chi connectivity index (χ4n) is 1.77. The zero-order chi connectivity index (χ0) is 14.8. The molecule has 0 aromatic carbocycles. The molecule has 6 heteroatoms. The minimum absolute atomic E-state index is 0.481. The summed E-state index contributed by atoms with van der Waals surface area (Å²) in [5, 5.41) is 4.10. The van der Waals surface area contributed by atoms with Crippen molar-refractivity contribution >= 4 is 32.7 Å². The molecule has 0 spiro atoms. The Morgan fingerprint density at radius 3 is 2.60 bits per heavy atom. The summed E-state index contributed by atoms with van der Waals surface area (Å²) >= 11 is 3.19. The molecular weight excluding hydrogens is 310 g/mol. The van der Waals surface area contributed by atoms with Crippen molar-refractivity contribution in [3.05, 3.63) is 33.8 Å². The number of rotatable bonds is 6. The highest BCUT2D eigenvalue weighted by atomic mass is 32.2. The first kappa shape index (κ1) is 15.7. The van der Waals surface area contributed by atoms with Gasteiger partial charge in [0, 0.05) is 21.9 Å². The van der Waals surface area contributed by atoms with Crippen LogP contribution in [-0.2, 0) is 14.8 Å². The second-order valence-corrected chi connectivity index (χ2v) is 9.26. The lowest BCUT2D eigenvalue weighted by atomic mass is 10.1. The van der Waals surface area contributed by atoms with Crippen LogP contribution in [-0.4, -0.2) is 15.0 Å². The van der Waals surface area contributed by atoms with Crippen LogP contribution in [0, 0.1) is 0 Å². The summed E-state index contributed by atoms with van der Waals surface area (Å²) in [6, 6.07) is 5.97. The lowest BCUT2D eigenvalue weighted by molar-refractivity contribution is 0.541. The quantitative estimate of drug-likeness (QED) is 0.869. The molecule has 0 saturated heterocycles. The van der Waals surface area contributed by atoms with Crippen LogP contribution in [0.2, 0.25) is 0 Å². The van der Waals surface area contributed by atoms with Gasteiger partial charge in [-0.05, 0) is 49.2 Å². The van der Waals surface area contributed by atoms with E-state index >= 15 is 0 Å². The fraction of sp³-hybridized carbons (Fsp3) is 0.429. The van der Waals surface area contributed by atoms with Crippen molar-refractivity contribution in [1.29, 1.82) is 0 Å². The molecule has 0 aliphatic heterocycles. The molecule has 2 aromatic rings. The van der Waals surface area contributed by atoms with Crippen LogP contribution in [0.15, 0.2) is 29.0 Å². The summed E-state index contributed by atoms with van der Waals surface area (Å²) in [7, 11) is -3.37. The lowest BCUT2D eigenvalue weighted by Crippen LogP contribution is -2.39. The minimum atomic E-state index is -3.37. The number of sulfonamides is 1. The van der Waals surface area contributed by atoms with E-state index in [1.807, 2.05) is 24.4 Å². The molecule has 2 rings (SSSR count). The molecule has 0 atom stereocenters. The van der Waals surface area contributed by atoms with Crippen molar-refractivity contribution in [1.82, 2.24) is 4.72 Å². The second-order valence-electron chi connectivity index (χ2n) is 5.08. The van der Waals surface area contributed by atoms with Crippen LogP contribution in [0.5, 0.6) is 0 Å². The minimum Gasteiger partial charge on any atom is -0.214 e. The van der Waals surface area contributed by atoms with Crippen molar-refractivity contribution in [3.8, 4) is 10.4 Å². The fourth-order valence-corrected chi connectivity index (χ4v) is 5.12. The molecule has 2 aromatic heterocycles. The van der Waals surface area contributed by atoms with E-state index in [2.05, 4.69) is 16.2 Å². The number of thiophene rings is 2. The Morgan fingerprint density at radius 2 is 2.00 bits per heavy atom. The normalized spacial score (nSPS) is 12.8. The van der Waals surface area contributed by atoms with Crippen molar-refractivity contribution in [3.63, 3.8) is 0 Å². The van der Waals surface area contributed by atoms with Crippen LogP contribution in [0.4, 0.5) is 0 Å². The van der Waals surface area contributed by atoms with Crippen LogP contribution in [0.25, 0.3) is 10.4 Å². The predicted octanol–water partition coefficient (Wildman–Crippen LogP) is 4.04. The van der Waals surface area contributed by atoms with Gasteiger partial charge < -0.3 is 0 Å². The van der Waals surface area contributed by atoms with Crippen molar-refractivity contribution in [2.24, 2.45) is 0 Å². The lowest BCUT2D eigenvalue weighted by Gasteiger charge is -2.23. The average Bonchev–Trinajstić information content (AvgIpc) is 3.05. The van der Waals surface area contributed by atoms with E-state index in [9.17, 15) is 8.42 Å². The van der Waals surface area contributed by atoms with E-state index in [1.165, 1.54) is 0 Å². The Kier molecular flexibility index (Phi) is 4.69. The monoisotopic (exact) mass is 329 g/mol. The third kappa shape index (κ3) is 2.98. The molecule has 0 amide bonds. The van der Waals surface area contributed by atoms with Crippen LogP contribution >= 0.6 is 22.7 Å². The van der Waals surface area contributed by atoms with Crippen LogP contribution < -0.4 is 4.72 Å². The van der Waals surface area contributed by atoms with Gasteiger partial charge >= 0.3 is 0 Å². The molecule has 0 saturated carbocycles. The largest absolute Gasteiger partial charge is 0.221 e. The molecule has 0 aliphatic carbocycles. The van der Waals surface area contributed by atoms with Crippen molar-refractivity contribution < 1.29 is 8.42 Å². The smallest absolute Gasteiger partial charge is 0.214 e. The highest BCUT2D eigenvalue weighted by molar-refractivity contribution is 7.90. The second kappa shape index (κ2) is 5.97. The molecule has 0 fully saturated rings. The van der Waals surface area contributed by atoms with E-state index < -0.39 is 14.8 Å².